The van der Waals surface area contributed by atoms with Crippen molar-refractivity contribution >= 4 is 5.69 Å². The van der Waals surface area contributed by atoms with Gasteiger partial charge in [0.15, 0.2) is 0 Å². The van der Waals surface area contributed by atoms with Gasteiger partial charge < -0.3 is 10.8 Å². The summed E-state index contributed by atoms with van der Waals surface area (Å²) in [5, 5.41) is 14.3. The third kappa shape index (κ3) is 3.03. The molecule has 1 aromatic rings. The first-order valence-corrected chi connectivity index (χ1v) is 6.82. The molecule has 1 saturated heterocycles. The Hall–Kier alpha value is -1.07. The van der Waals surface area contributed by atoms with Crippen molar-refractivity contribution in [1.29, 1.82) is 0 Å². The van der Waals surface area contributed by atoms with E-state index in [2.05, 4.69) is 23.8 Å². The number of nitrogens with two attached hydrogens (primary N) is 1. The van der Waals surface area contributed by atoms with Gasteiger partial charge in [0.25, 0.3) is 0 Å². The number of β-amino-alcohol motifs (C(OH)–C–C–N with tert-alkyl or cyclic N) is 1. The Morgan fingerprint density at radius 1 is 1.50 bits per heavy atom. The van der Waals surface area contributed by atoms with Crippen LogP contribution in [0.5, 0.6) is 0 Å². The lowest BCUT2D eigenvalue weighted by Crippen LogP contribution is -2.41. The number of likely N-dealkylation sites (tertiary alicyclic amines) is 1. The standard InChI is InChI=1S/C13H24N4O/c1-3-12-5-4-10(2)17(12)9-13(18)8-16-7-11(14)6-15-16/h6-7,10,12-13,18H,3-5,8-9,14H2,1-2H3. The number of nitrogens with zero attached hydrogens (tertiary/aromatic N) is 3. The summed E-state index contributed by atoms with van der Waals surface area (Å²) in [5.41, 5.74) is 6.25. The molecule has 0 aromatic carbocycles. The van der Waals surface area contributed by atoms with Crippen molar-refractivity contribution in [3.63, 3.8) is 0 Å². The third-order valence-electron chi connectivity index (χ3n) is 3.90. The molecule has 1 aliphatic heterocycles. The van der Waals surface area contributed by atoms with E-state index in [-0.39, 0.29) is 6.10 Å². The summed E-state index contributed by atoms with van der Waals surface area (Å²) < 4.78 is 1.71. The number of nitrogen functional groups attached to an aromatic ring is 1. The molecule has 1 aliphatic rings. The predicted molar refractivity (Wildman–Crippen MR) is 72.1 cm³/mol. The summed E-state index contributed by atoms with van der Waals surface area (Å²) >= 11 is 0. The fraction of sp³-hybridized carbons (Fsp3) is 0.769. The molecule has 102 valence electrons. The van der Waals surface area contributed by atoms with E-state index in [0.717, 1.165) is 13.0 Å². The van der Waals surface area contributed by atoms with Gasteiger partial charge >= 0.3 is 0 Å². The maximum absolute atomic E-state index is 10.2. The zero-order chi connectivity index (χ0) is 13.1. The Kier molecular flexibility index (Phi) is 4.24. The number of aliphatic hydroxyl groups is 1. The van der Waals surface area contributed by atoms with Gasteiger partial charge in [-0.25, -0.2) is 0 Å². The van der Waals surface area contributed by atoms with E-state index in [9.17, 15) is 5.11 Å². The van der Waals surface area contributed by atoms with Crippen LogP contribution in [0.2, 0.25) is 0 Å². The van der Waals surface area contributed by atoms with Gasteiger partial charge in [-0.1, -0.05) is 6.92 Å². The molecule has 5 heteroatoms. The minimum Gasteiger partial charge on any atom is -0.396 e. The summed E-state index contributed by atoms with van der Waals surface area (Å²) in [6.45, 7) is 5.70. The minimum absolute atomic E-state index is 0.390. The van der Waals surface area contributed by atoms with Gasteiger partial charge in [0.1, 0.15) is 0 Å². The molecule has 0 amide bonds. The van der Waals surface area contributed by atoms with Crippen molar-refractivity contribution in [3.8, 4) is 0 Å². The van der Waals surface area contributed by atoms with Gasteiger partial charge in [0.2, 0.25) is 0 Å². The molecule has 1 fully saturated rings. The van der Waals surface area contributed by atoms with Crippen molar-refractivity contribution in [2.45, 2.75) is 57.8 Å². The first-order valence-electron chi connectivity index (χ1n) is 6.82. The van der Waals surface area contributed by atoms with Crippen LogP contribution < -0.4 is 5.73 Å². The number of aromatic nitrogens is 2. The third-order valence-corrected chi connectivity index (χ3v) is 3.90. The number of anilines is 1. The Morgan fingerprint density at radius 2 is 2.28 bits per heavy atom. The molecule has 0 aliphatic carbocycles. The molecule has 0 radical (unpaired) electrons. The second-order valence-electron chi connectivity index (χ2n) is 5.33. The summed E-state index contributed by atoms with van der Waals surface area (Å²) in [7, 11) is 0. The van der Waals surface area contributed by atoms with Crippen molar-refractivity contribution < 1.29 is 5.11 Å². The van der Waals surface area contributed by atoms with Crippen molar-refractivity contribution in [3.05, 3.63) is 12.4 Å². The molecule has 2 heterocycles. The van der Waals surface area contributed by atoms with E-state index < -0.39 is 0 Å². The fourth-order valence-corrected chi connectivity index (χ4v) is 2.89. The Morgan fingerprint density at radius 3 is 2.89 bits per heavy atom. The highest BCUT2D eigenvalue weighted by atomic mass is 16.3. The number of rotatable bonds is 5. The zero-order valence-electron chi connectivity index (χ0n) is 11.3. The van der Waals surface area contributed by atoms with Crippen LogP contribution >= 0.6 is 0 Å². The molecule has 1 aromatic heterocycles. The van der Waals surface area contributed by atoms with E-state index in [0.29, 0.717) is 24.3 Å². The normalized spacial score (nSPS) is 26.6. The molecule has 2 rings (SSSR count). The molecular formula is C13H24N4O. The lowest BCUT2D eigenvalue weighted by atomic mass is 10.1. The van der Waals surface area contributed by atoms with Crippen LogP contribution in [0.3, 0.4) is 0 Å². The van der Waals surface area contributed by atoms with Crippen LogP contribution in [0.25, 0.3) is 0 Å². The SMILES string of the molecule is CCC1CCC(C)N1CC(O)Cn1cc(N)cn1. The summed E-state index contributed by atoms with van der Waals surface area (Å²) in [5.74, 6) is 0. The Labute approximate surface area is 109 Å². The maximum Gasteiger partial charge on any atom is 0.0862 e. The Balaban J connectivity index is 1.88. The predicted octanol–water partition coefficient (Wildman–Crippen LogP) is 1.09. The summed E-state index contributed by atoms with van der Waals surface area (Å²) in [4.78, 5) is 2.43. The van der Waals surface area contributed by atoms with Crippen molar-refractivity contribution in [2.75, 3.05) is 12.3 Å². The van der Waals surface area contributed by atoms with Gasteiger partial charge in [0.05, 0.1) is 24.5 Å². The highest BCUT2D eigenvalue weighted by Crippen LogP contribution is 2.26. The fourth-order valence-electron chi connectivity index (χ4n) is 2.89. The molecule has 0 saturated carbocycles. The van der Waals surface area contributed by atoms with Crippen LogP contribution in [-0.4, -0.2) is 44.5 Å². The first kappa shape index (κ1) is 13.4. The van der Waals surface area contributed by atoms with Crippen molar-refractivity contribution in [2.24, 2.45) is 0 Å². The molecule has 0 bridgehead atoms. The lowest BCUT2D eigenvalue weighted by Gasteiger charge is -2.29. The van der Waals surface area contributed by atoms with E-state index in [1.807, 2.05) is 0 Å². The monoisotopic (exact) mass is 252 g/mol. The van der Waals surface area contributed by atoms with Crippen LogP contribution in [0.4, 0.5) is 5.69 Å². The van der Waals surface area contributed by atoms with E-state index in [1.54, 1.807) is 17.1 Å². The van der Waals surface area contributed by atoms with Crippen molar-refractivity contribution in [1.82, 2.24) is 14.7 Å². The van der Waals surface area contributed by atoms with E-state index in [1.165, 1.54) is 12.8 Å². The largest absolute Gasteiger partial charge is 0.396 e. The van der Waals surface area contributed by atoms with Gasteiger partial charge in [0, 0.05) is 24.8 Å². The van der Waals surface area contributed by atoms with Crippen LogP contribution in [0.15, 0.2) is 12.4 Å². The average Bonchev–Trinajstić information content (AvgIpc) is 2.87. The van der Waals surface area contributed by atoms with Crippen LogP contribution in [0, 0.1) is 0 Å². The molecule has 5 nitrogen and oxygen atoms in total. The Bertz CT molecular complexity index is 379. The summed E-state index contributed by atoms with van der Waals surface area (Å²) in [6, 6.07) is 1.20. The second kappa shape index (κ2) is 5.71. The van der Waals surface area contributed by atoms with Crippen LogP contribution in [0.1, 0.15) is 33.1 Å². The highest BCUT2D eigenvalue weighted by Gasteiger charge is 2.30. The number of hydrogen-bond donors (Lipinski definition) is 2. The molecule has 3 N–H and O–H groups in total. The smallest absolute Gasteiger partial charge is 0.0862 e. The van der Waals surface area contributed by atoms with E-state index in [4.69, 9.17) is 5.73 Å². The number of hydrogen-bond acceptors (Lipinski definition) is 4. The van der Waals surface area contributed by atoms with Gasteiger partial charge in [-0.3, -0.25) is 9.58 Å². The van der Waals surface area contributed by atoms with Gasteiger partial charge in [-0.15, -0.1) is 0 Å². The van der Waals surface area contributed by atoms with Gasteiger partial charge in [-0.2, -0.15) is 5.10 Å². The van der Waals surface area contributed by atoms with E-state index >= 15 is 0 Å². The molecular weight excluding hydrogens is 228 g/mol. The quantitative estimate of drug-likeness (QED) is 0.823. The average molecular weight is 252 g/mol. The second-order valence-corrected chi connectivity index (χ2v) is 5.33. The lowest BCUT2D eigenvalue weighted by molar-refractivity contribution is 0.0722. The molecule has 0 spiro atoms. The number of aliphatic hydroxyl groups excluding tert-OH is 1. The van der Waals surface area contributed by atoms with Gasteiger partial charge in [-0.05, 0) is 26.2 Å². The summed E-state index contributed by atoms with van der Waals surface area (Å²) in [6.07, 6.45) is 6.62. The maximum atomic E-state index is 10.2. The first-order chi connectivity index (χ1) is 8.60. The minimum atomic E-state index is -0.390. The zero-order valence-corrected chi connectivity index (χ0v) is 11.3. The topological polar surface area (TPSA) is 67.3 Å². The molecule has 18 heavy (non-hydrogen) atoms. The molecule has 3 atom stereocenters. The van der Waals surface area contributed by atoms with Crippen LogP contribution in [-0.2, 0) is 6.54 Å². The highest BCUT2D eigenvalue weighted by molar-refractivity contribution is 5.30. The molecule has 3 unspecified atom stereocenters.